The monoisotopic (exact) mass is 930 g/mol. The van der Waals surface area contributed by atoms with Crippen molar-refractivity contribution in [2.45, 2.75) is 95.4 Å². The van der Waals surface area contributed by atoms with Crippen LogP contribution < -0.4 is 25.6 Å². The maximum absolute atomic E-state index is 13.2. The van der Waals surface area contributed by atoms with Crippen LogP contribution in [0.5, 0.6) is 5.75 Å². The summed E-state index contributed by atoms with van der Waals surface area (Å²) < 4.78 is 21.7. The number of carbonyl (C=O) groups is 4. The predicted molar refractivity (Wildman–Crippen MR) is 244 cm³/mol. The quantitative estimate of drug-likeness (QED) is 0.0420. The molecule has 2 atom stereocenters. The van der Waals surface area contributed by atoms with Gasteiger partial charge in [0.2, 0.25) is 5.91 Å². The summed E-state index contributed by atoms with van der Waals surface area (Å²) >= 11 is 8.98. The molecule has 1 fully saturated rings. The lowest BCUT2D eigenvalue weighted by Crippen LogP contribution is -2.56. The number of rotatable bonds is 16. The highest BCUT2D eigenvalue weighted by atomic mass is 35.5. The summed E-state index contributed by atoms with van der Waals surface area (Å²) in [5, 5.41) is 32.3. The first-order valence-corrected chi connectivity index (χ1v) is 22.7. The minimum absolute atomic E-state index is 0.0349. The number of hydrogen-bond acceptors (Lipinski definition) is 15. The first kappa shape index (κ1) is 48.9. The SMILES string of the molecule is C[C@H](NC(=O)[C@H](CNC(=O)OC(C)(C)C)NC(=O)OC(C)(C)C)C(=O)OCCOc1ccc(-c2c(C#N)c(SCc3csc(-c4ccc(Cl)cc4)n3)nc(N3CCCC3)c2C#N)cc1. The molecule has 0 unspecified atom stereocenters. The van der Waals surface area contributed by atoms with Crippen LogP contribution in [0, 0.1) is 22.7 Å². The van der Waals surface area contributed by atoms with E-state index < -0.39 is 47.3 Å². The lowest BCUT2D eigenvalue weighted by atomic mass is 9.96. The van der Waals surface area contributed by atoms with Crippen LogP contribution in [0.2, 0.25) is 5.02 Å². The highest BCUT2D eigenvalue weighted by Crippen LogP contribution is 2.40. The summed E-state index contributed by atoms with van der Waals surface area (Å²) in [4.78, 5) is 62.6. The van der Waals surface area contributed by atoms with Crippen LogP contribution >= 0.6 is 34.7 Å². The number of alkyl carbamates (subject to hydrolysis) is 2. The molecule has 5 rings (SSSR count). The van der Waals surface area contributed by atoms with Gasteiger partial charge in [0.15, 0.2) is 0 Å². The number of anilines is 1. The number of thiazole rings is 1. The van der Waals surface area contributed by atoms with Crippen molar-refractivity contribution in [3.63, 3.8) is 0 Å². The molecule has 3 amide bonds. The number of hydrogen-bond donors (Lipinski definition) is 3. The highest BCUT2D eigenvalue weighted by Gasteiger charge is 2.30. The van der Waals surface area contributed by atoms with Gasteiger partial charge in [-0.3, -0.25) is 4.79 Å². The van der Waals surface area contributed by atoms with Crippen molar-refractivity contribution in [3.05, 3.63) is 75.8 Å². The van der Waals surface area contributed by atoms with E-state index in [0.717, 1.165) is 42.2 Å². The molecule has 1 aliphatic heterocycles. The number of nitrogens with zero attached hydrogens (tertiary/aromatic N) is 5. The van der Waals surface area contributed by atoms with Gasteiger partial charge in [0.05, 0.1) is 17.8 Å². The Morgan fingerprint density at radius 1 is 0.859 bits per heavy atom. The molecular weight excluding hydrogens is 880 g/mol. The van der Waals surface area contributed by atoms with Crippen LogP contribution in [0.1, 0.15) is 78.1 Å². The zero-order chi connectivity index (χ0) is 46.6. The number of ether oxygens (including phenoxy) is 4. The number of nitriles is 2. The van der Waals surface area contributed by atoms with E-state index in [2.05, 4.69) is 33.0 Å². The van der Waals surface area contributed by atoms with Crippen molar-refractivity contribution in [1.82, 2.24) is 25.9 Å². The first-order chi connectivity index (χ1) is 30.3. The van der Waals surface area contributed by atoms with Crippen LogP contribution in [0.15, 0.2) is 58.9 Å². The Balaban J connectivity index is 1.21. The van der Waals surface area contributed by atoms with Crippen LogP contribution in [0.25, 0.3) is 21.7 Å². The second-order valence-corrected chi connectivity index (χ2v) is 18.8. The fourth-order valence-corrected chi connectivity index (χ4v) is 8.16. The summed E-state index contributed by atoms with van der Waals surface area (Å²) in [6.45, 7) is 12.3. The minimum Gasteiger partial charge on any atom is -0.490 e. The van der Waals surface area contributed by atoms with Crippen molar-refractivity contribution in [2.75, 3.05) is 37.7 Å². The lowest BCUT2D eigenvalue weighted by molar-refractivity contribution is -0.148. The first-order valence-electron chi connectivity index (χ1n) is 20.5. The number of carbonyl (C=O) groups excluding carboxylic acids is 4. The molecule has 2 aromatic heterocycles. The summed E-state index contributed by atoms with van der Waals surface area (Å²) in [7, 11) is 0. The molecule has 19 heteroatoms. The Kier molecular flexibility index (Phi) is 16.8. The summed E-state index contributed by atoms with van der Waals surface area (Å²) in [6.07, 6.45) is 0.223. The van der Waals surface area contributed by atoms with Gasteiger partial charge in [-0.05, 0) is 91.1 Å². The van der Waals surface area contributed by atoms with Crippen LogP contribution in [0.4, 0.5) is 15.4 Å². The molecule has 1 aliphatic rings. The van der Waals surface area contributed by atoms with E-state index in [1.165, 1.54) is 30.0 Å². The minimum atomic E-state index is -1.32. The molecule has 0 aliphatic carbocycles. The second-order valence-electron chi connectivity index (χ2n) is 16.6. The van der Waals surface area contributed by atoms with Crippen molar-refractivity contribution < 1.29 is 38.1 Å². The molecule has 1 saturated heterocycles. The highest BCUT2D eigenvalue weighted by molar-refractivity contribution is 7.98. The van der Waals surface area contributed by atoms with Crippen molar-refractivity contribution in [2.24, 2.45) is 0 Å². The molecule has 0 radical (unpaired) electrons. The van der Waals surface area contributed by atoms with Gasteiger partial charge in [0, 0.05) is 40.4 Å². The van der Waals surface area contributed by atoms with Gasteiger partial charge in [-0.2, -0.15) is 10.5 Å². The van der Waals surface area contributed by atoms with Gasteiger partial charge in [0.25, 0.3) is 0 Å². The molecule has 16 nitrogen and oxygen atoms in total. The number of nitrogens with one attached hydrogen (secondary N) is 3. The topological polar surface area (TPSA) is 218 Å². The zero-order valence-corrected chi connectivity index (χ0v) is 39.1. The Morgan fingerprint density at radius 3 is 2.11 bits per heavy atom. The Bertz CT molecular complexity index is 2380. The third-order valence-electron chi connectivity index (χ3n) is 9.08. The number of amides is 3. The fourth-order valence-electron chi connectivity index (χ4n) is 6.23. The lowest BCUT2D eigenvalue weighted by Gasteiger charge is -2.25. The Hall–Kier alpha value is -6.08. The predicted octanol–water partition coefficient (Wildman–Crippen LogP) is 8.01. The Labute approximate surface area is 386 Å². The van der Waals surface area contributed by atoms with Crippen molar-refractivity contribution >= 4 is 64.6 Å². The summed E-state index contributed by atoms with van der Waals surface area (Å²) in [6, 6.07) is 16.6. The van der Waals surface area contributed by atoms with E-state index in [9.17, 15) is 29.7 Å². The number of pyridine rings is 1. The average Bonchev–Trinajstić information content (AvgIpc) is 3.95. The van der Waals surface area contributed by atoms with Crippen LogP contribution in [0.3, 0.4) is 0 Å². The van der Waals surface area contributed by atoms with Gasteiger partial charge in [-0.1, -0.05) is 47.6 Å². The Morgan fingerprint density at radius 2 is 1.48 bits per heavy atom. The van der Waals surface area contributed by atoms with Crippen molar-refractivity contribution in [1.29, 1.82) is 10.5 Å². The number of esters is 1. The van der Waals surface area contributed by atoms with Crippen LogP contribution in [-0.4, -0.2) is 90.2 Å². The van der Waals surface area contributed by atoms with E-state index in [1.54, 1.807) is 65.8 Å². The third kappa shape index (κ3) is 14.2. The van der Waals surface area contributed by atoms with Crippen molar-refractivity contribution in [3.8, 4) is 39.6 Å². The van der Waals surface area contributed by atoms with Gasteiger partial charge in [-0.15, -0.1) is 11.3 Å². The van der Waals surface area contributed by atoms with Gasteiger partial charge in [-0.25, -0.2) is 24.4 Å². The maximum atomic E-state index is 13.2. The van der Waals surface area contributed by atoms with E-state index in [4.69, 9.17) is 40.5 Å². The maximum Gasteiger partial charge on any atom is 0.408 e. The molecular formula is C45H51ClN8O8S2. The summed E-state index contributed by atoms with van der Waals surface area (Å²) in [5.74, 6) is -0.115. The standard InChI is InChI=1S/C45H51ClN8O8S2/c1-27(50-38(55)35(52-43(58)62-45(5,6)7)24-49-42(57)61-44(2,3)4)41(56)60-21-20-59-32-16-12-28(13-17-32)36-33(22-47)37(54-18-8-9-19-54)53-40(34(36)23-48)64-26-31-25-63-39(51-31)29-10-14-30(46)15-11-29/h10-17,25,27,35H,8-9,18-21,24,26H2,1-7H3,(H,49,57)(H,50,55)(H,52,58)/t27-,35-/m0/s1. The van der Waals surface area contributed by atoms with E-state index >= 15 is 0 Å². The van der Waals surface area contributed by atoms with Gasteiger partial charge >= 0.3 is 18.2 Å². The zero-order valence-electron chi connectivity index (χ0n) is 36.7. The smallest absolute Gasteiger partial charge is 0.408 e. The molecule has 2 aromatic carbocycles. The molecule has 64 heavy (non-hydrogen) atoms. The summed E-state index contributed by atoms with van der Waals surface area (Å²) in [5.41, 5.74) is 1.83. The molecule has 0 bridgehead atoms. The number of benzene rings is 2. The average molecular weight is 932 g/mol. The fraction of sp³-hybridized carbons (Fsp3) is 0.422. The van der Waals surface area contributed by atoms with Crippen LogP contribution in [-0.2, 0) is 29.6 Å². The second kappa shape index (κ2) is 22.0. The normalized spacial score (nSPS) is 13.4. The van der Waals surface area contributed by atoms with Gasteiger partial charge in [0.1, 0.15) is 75.8 Å². The van der Waals surface area contributed by atoms with E-state index in [0.29, 0.717) is 44.1 Å². The molecule has 4 aromatic rings. The molecule has 338 valence electrons. The number of thioether (sulfide) groups is 1. The molecule has 0 saturated carbocycles. The number of aromatic nitrogens is 2. The number of halogens is 1. The largest absolute Gasteiger partial charge is 0.490 e. The van der Waals surface area contributed by atoms with E-state index in [1.807, 2.05) is 29.6 Å². The van der Waals surface area contributed by atoms with E-state index in [-0.39, 0.29) is 25.3 Å². The van der Waals surface area contributed by atoms with Gasteiger partial charge < -0.3 is 39.8 Å². The molecule has 3 N–H and O–H groups in total. The molecule has 3 heterocycles. The molecule has 0 spiro atoms. The third-order valence-corrected chi connectivity index (χ3v) is 11.3.